The van der Waals surface area contributed by atoms with E-state index in [0.717, 1.165) is 23.5 Å². The van der Waals surface area contributed by atoms with Gasteiger partial charge in [0.2, 0.25) is 0 Å². The molecule has 0 radical (unpaired) electrons. The first-order valence-corrected chi connectivity index (χ1v) is 5.88. The van der Waals surface area contributed by atoms with Crippen molar-refractivity contribution >= 4 is 11.8 Å². The second-order valence-electron chi connectivity index (χ2n) is 3.10. The monoisotopic (exact) mass is 216 g/mol. The van der Waals surface area contributed by atoms with Crippen molar-refractivity contribution in [3.8, 4) is 12.1 Å². The summed E-state index contributed by atoms with van der Waals surface area (Å²) in [7, 11) is 0. The minimum absolute atomic E-state index is 0.471. The van der Waals surface area contributed by atoms with Crippen molar-refractivity contribution in [3.05, 3.63) is 29.3 Å². The smallest absolute Gasteiger partial charge is 0.102 e. The third-order valence-electron chi connectivity index (χ3n) is 2.01. The summed E-state index contributed by atoms with van der Waals surface area (Å²) in [5.74, 6) is 1.00. The minimum atomic E-state index is 0.471. The molecule has 0 spiro atoms. The standard InChI is InChI=1S/C12H12N2S/c1-2-3-7-15-12-6-4-5-10(8-13)11(12)9-14/h4-6H,2-3,7H2,1H3. The molecule has 2 nitrogen and oxygen atoms in total. The lowest BCUT2D eigenvalue weighted by Gasteiger charge is -2.03. The van der Waals surface area contributed by atoms with Crippen molar-refractivity contribution in [2.45, 2.75) is 24.7 Å². The molecule has 0 aliphatic rings. The van der Waals surface area contributed by atoms with Crippen LogP contribution in [0.2, 0.25) is 0 Å². The Morgan fingerprint density at radius 1 is 1.27 bits per heavy atom. The molecule has 1 aromatic rings. The summed E-state index contributed by atoms with van der Waals surface area (Å²) in [4.78, 5) is 0.921. The minimum Gasteiger partial charge on any atom is -0.192 e. The molecule has 1 rings (SSSR count). The number of unbranched alkanes of at least 4 members (excludes halogenated alkanes) is 1. The predicted molar refractivity (Wildman–Crippen MR) is 61.5 cm³/mol. The Balaban J connectivity index is 2.89. The summed E-state index contributed by atoms with van der Waals surface area (Å²) in [6, 6.07) is 9.55. The highest BCUT2D eigenvalue weighted by atomic mass is 32.2. The first-order valence-electron chi connectivity index (χ1n) is 4.89. The zero-order chi connectivity index (χ0) is 11.1. The van der Waals surface area contributed by atoms with E-state index in [-0.39, 0.29) is 0 Å². The highest BCUT2D eigenvalue weighted by Gasteiger charge is 2.07. The maximum atomic E-state index is 8.97. The lowest BCUT2D eigenvalue weighted by atomic mass is 10.1. The molecule has 0 amide bonds. The molecule has 0 heterocycles. The molecule has 0 aliphatic heterocycles. The van der Waals surface area contributed by atoms with Gasteiger partial charge in [0.1, 0.15) is 12.1 Å². The van der Waals surface area contributed by atoms with Gasteiger partial charge in [0, 0.05) is 4.90 Å². The maximum Gasteiger partial charge on any atom is 0.102 e. The number of hydrogen-bond donors (Lipinski definition) is 0. The van der Waals surface area contributed by atoms with Gasteiger partial charge in [-0.25, -0.2) is 0 Å². The lowest BCUT2D eigenvalue weighted by molar-refractivity contribution is 0.896. The quantitative estimate of drug-likeness (QED) is 0.573. The van der Waals surface area contributed by atoms with Gasteiger partial charge in [-0.3, -0.25) is 0 Å². The van der Waals surface area contributed by atoms with Gasteiger partial charge in [0.15, 0.2) is 0 Å². The molecule has 0 atom stereocenters. The molecular formula is C12H12N2S. The van der Waals surface area contributed by atoms with E-state index >= 15 is 0 Å². The van der Waals surface area contributed by atoms with Crippen molar-refractivity contribution in [1.29, 1.82) is 10.5 Å². The SMILES string of the molecule is CCCCSc1cccc(C#N)c1C#N. The van der Waals surface area contributed by atoms with E-state index in [9.17, 15) is 0 Å². The van der Waals surface area contributed by atoms with Crippen LogP contribution in [0.1, 0.15) is 30.9 Å². The Kier molecular flexibility index (Phi) is 4.74. The Bertz CT molecular complexity index is 413. The molecule has 0 saturated heterocycles. The summed E-state index contributed by atoms with van der Waals surface area (Å²) < 4.78 is 0. The first-order chi connectivity index (χ1) is 7.33. The van der Waals surface area contributed by atoms with Gasteiger partial charge in [0.25, 0.3) is 0 Å². The summed E-state index contributed by atoms with van der Waals surface area (Å²) in [5.41, 5.74) is 0.986. The third kappa shape index (κ3) is 3.01. The van der Waals surface area contributed by atoms with E-state index in [0.29, 0.717) is 11.1 Å². The van der Waals surface area contributed by atoms with Crippen LogP contribution in [-0.4, -0.2) is 5.75 Å². The predicted octanol–water partition coefficient (Wildman–Crippen LogP) is 3.32. The summed E-state index contributed by atoms with van der Waals surface area (Å²) in [6.07, 6.45) is 2.28. The van der Waals surface area contributed by atoms with Gasteiger partial charge in [-0.1, -0.05) is 19.4 Å². The average Bonchev–Trinajstić information content (AvgIpc) is 2.29. The highest BCUT2D eigenvalue weighted by molar-refractivity contribution is 7.99. The lowest BCUT2D eigenvalue weighted by Crippen LogP contribution is -1.88. The van der Waals surface area contributed by atoms with Crippen LogP contribution in [0.3, 0.4) is 0 Å². The number of thioether (sulfide) groups is 1. The fourth-order valence-electron chi connectivity index (χ4n) is 1.19. The Labute approximate surface area is 94.5 Å². The molecule has 76 valence electrons. The van der Waals surface area contributed by atoms with Crippen LogP contribution < -0.4 is 0 Å². The molecule has 0 unspecified atom stereocenters. The first kappa shape index (κ1) is 11.6. The van der Waals surface area contributed by atoms with Crippen LogP contribution in [0.25, 0.3) is 0 Å². The fourth-order valence-corrected chi connectivity index (χ4v) is 2.31. The molecule has 0 bridgehead atoms. The van der Waals surface area contributed by atoms with Crippen molar-refractivity contribution in [3.63, 3.8) is 0 Å². The molecular weight excluding hydrogens is 204 g/mol. The second kappa shape index (κ2) is 6.11. The highest BCUT2D eigenvalue weighted by Crippen LogP contribution is 2.25. The maximum absolute atomic E-state index is 8.97. The summed E-state index contributed by atoms with van der Waals surface area (Å²) >= 11 is 1.65. The number of rotatable bonds is 4. The second-order valence-corrected chi connectivity index (χ2v) is 4.24. The Hall–Kier alpha value is -1.45. The molecule has 0 saturated carbocycles. The zero-order valence-electron chi connectivity index (χ0n) is 8.66. The van der Waals surface area contributed by atoms with Crippen LogP contribution >= 0.6 is 11.8 Å². The zero-order valence-corrected chi connectivity index (χ0v) is 9.47. The van der Waals surface area contributed by atoms with E-state index < -0.39 is 0 Å². The van der Waals surface area contributed by atoms with Gasteiger partial charge < -0.3 is 0 Å². The van der Waals surface area contributed by atoms with Gasteiger partial charge in [0.05, 0.1) is 11.1 Å². The summed E-state index contributed by atoms with van der Waals surface area (Å²) in [5, 5.41) is 17.8. The van der Waals surface area contributed by atoms with E-state index in [1.54, 1.807) is 17.8 Å². The van der Waals surface area contributed by atoms with Crippen molar-refractivity contribution in [1.82, 2.24) is 0 Å². The van der Waals surface area contributed by atoms with Gasteiger partial charge in [-0.05, 0) is 24.3 Å². The number of hydrogen-bond acceptors (Lipinski definition) is 3. The molecule has 1 aromatic carbocycles. The third-order valence-corrected chi connectivity index (χ3v) is 3.16. The molecule has 0 N–H and O–H groups in total. The Morgan fingerprint density at radius 2 is 2.07 bits per heavy atom. The van der Waals surface area contributed by atoms with Crippen LogP contribution in [0.4, 0.5) is 0 Å². The molecule has 3 heteroatoms. The van der Waals surface area contributed by atoms with Crippen molar-refractivity contribution < 1.29 is 0 Å². The van der Waals surface area contributed by atoms with E-state index in [1.165, 1.54) is 0 Å². The molecule has 15 heavy (non-hydrogen) atoms. The van der Waals surface area contributed by atoms with Crippen LogP contribution in [0.15, 0.2) is 23.1 Å². The van der Waals surface area contributed by atoms with Gasteiger partial charge in [-0.15, -0.1) is 11.8 Å². The van der Waals surface area contributed by atoms with Crippen LogP contribution in [0, 0.1) is 22.7 Å². The molecule has 0 fully saturated rings. The largest absolute Gasteiger partial charge is 0.192 e. The van der Waals surface area contributed by atoms with Gasteiger partial charge in [-0.2, -0.15) is 10.5 Å². The normalized spacial score (nSPS) is 9.27. The topological polar surface area (TPSA) is 47.6 Å². The number of benzene rings is 1. The Morgan fingerprint density at radius 3 is 2.67 bits per heavy atom. The number of nitriles is 2. The van der Waals surface area contributed by atoms with Crippen LogP contribution in [-0.2, 0) is 0 Å². The molecule has 0 aromatic heterocycles. The van der Waals surface area contributed by atoms with E-state index in [4.69, 9.17) is 10.5 Å². The van der Waals surface area contributed by atoms with E-state index in [2.05, 4.69) is 13.0 Å². The van der Waals surface area contributed by atoms with Crippen LogP contribution in [0.5, 0.6) is 0 Å². The number of nitrogens with zero attached hydrogens (tertiary/aromatic N) is 2. The van der Waals surface area contributed by atoms with Crippen molar-refractivity contribution in [2.75, 3.05) is 5.75 Å². The fraction of sp³-hybridized carbons (Fsp3) is 0.333. The van der Waals surface area contributed by atoms with Crippen molar-refractivity contribution in [2.24, 2.45) is 0 Å². The molecule has 0 aliphatic carbocycles. The van der Waals surface area contributed by atoms with Gasteiger partial charge >= 0.3 is 0 Å². The van der Waals surface area contributed by atoms with E-state index in [1.807, 2.05) is 18.2 Å². The average molecular weight is 216 g/mol. The summed E-state index contributed by atoms with van der Waals surface area (Å²) in [6.45, 7) is 2.14.